The standard InChI is InChI=1S/C19H17ClN2O6/c1-27-15-6-3-11(7-16(15)28-2)9-22-18(25)13-8-12(20)4-5-14(13)21(19(22)26)10-17(23)24/h3-8H,9-10H2,1-2H3,(H,23,24). The smallest absolute Gasteiger partial charge is 0.332 e. The van der Waals surface area contributed by atoms with Crippen LogP contribution in [0.5, 0.6) is 11.5 Å². The summed E-state index contributed by atoms with van der Waals surface area (Å²) in [6.45, 7) is -0.650. The van der Waals surface area contributed by atoms with Crippen LogP contribution in [0.2, 0.25) is 5.02 Å². The van der Waals surface area contributed by atoms with Crippen LogP contribution in [0.3, 0.4) is 0 Å². The lowest BCUT2D eigenvalue weighted by Gasteiger charge is -2.14. The zero-order valence-electron chi connectivity index (χ0n) is 15.1. The molecule has 28 heavy (non-hydrogen) atoms. The van der Waals surface area contributed by atoms with E-state index < -0.39 is 23.8 Å². The van der Waals surface area contributed by atoms with Gasteiger partial charge < -0.3 is 14.6 Å². The number of fused-ring (bicyclic) bond motifs is 1. The number of aliphatic carboxylic acids is 1. The Morgan fingerprint density at radius 1 is 1.04 bits per heavy atom. The van der Waals surface area contributed by atoms with Crippen molar-refractivity contribution in [3.8, 4) is 11.5 Å². The zero-order valence-corrected chi connectivity index (χ0v) is 15.9. The molecule has 0 fully saturated rings. The van der Waals surface area contributed by atoms with Crippen molar-refractivity contribution < 1.29 is 19.4 Å². The molecule has 1 N–H and O–H groups in total. The number of hydrogen-bond donors (Lipinski definition) is 1. The monoisotopic (exact) mass is 404 g/mol. The molecule has 0 aliphatic heterocycles. The van der Waals surface area contributed by atoms with E-state index in [-0.39, 0.29) is 17.4 Å². The lowest BCUT2D eigenvalue weighted by atomic mass is 10.2. The van der Waals surface area contributed by atoms with Gasteiger partial charge in [0, 0.05) is 5.02 Å². The molecule has 146 valence electrons. The molecule has 0 bridgehead atoms. The molecule has 2 aromatic carbocycles. The normalized spacial score (nSPS) is 10.8. The number of methoxy groups -OCH3 is 2. The van der Waals surface area contributed by atoms with Gasteiger partial charge >= 0.3 is 11.7 Å². The molecule has 9 heteroatoms. The number of rotatable bonds is 6. The lowest BCUT2D eigenvalue weighted by molar-refractivity contribution is -0.137. The molecule has 0 radical (unpaired) electrons. The van der Waals surface area contributed by atoms with Crippen molar-refractivity contribution in [1.29, 1.82) is 0 Å². The fourth-order valence-corrected chi connectivity index (χ4v) is 3.16. The highest BCUT2D eigenvalue weighted by Gasteiger charge is 2.16. The summed E-state index contributed by atoms with van der Waals surface area (Å²) in [6, 6.07) is 9.38. The predicted octanol–water partition coefficient (Wildman–Crippen LogP) is 1.97. The SMILES string of the molecule is COc1ccc(Cn2c(=O)c3cc(Cl)ccc3n(CC(=O)O)c2=O)cc1OC. The van der Waals surface area contributed by atoms with Gasteiger partial charge in [-0.2, -0.15) is 0 Å². The molecule has 1 heterocycles. The highest BCUT2D eigenvalue weighted by Crippen LogP contribution is 2.27. The van der Waals surface area contributed by atoms with Gasteiger partial charge in [0.25, 0.3) is 5.56 Å². The Morgan fingerprint density at radius 3 is 2.39 bits per heavy atom. The van der Waals surface area contributed by atoms with Gasteiger partial charge in [-0.25, -0.2) is 4.79 Å². The molecule has 0 atom stereocenters. The first-order valence-corrected chi connectivity index (χ1v) is 8.59. The van der Waals surface area contributed by atoms with Gasteiger partial charge in [0.15, 0.2) is 11.5 Å². The molecule has 0 amide bonds. The molecular formula is C19H17ClN2O6. The van der Waals surface area contributed by atoms with Gasteiger partial charge in [-0.1, -0.05) is 17.7 Å². The summed E-state index contributed by atoms with van der Waals surface area (Å²) in [5.74, 6) is -0.246. The Balaban J connectivity index is 2.22. The second-order valence-electron chi connectivity index (χ2n) is 6.00. The minimum atomic E-state index is -1.20. The maximum Gasteiger partial charge on any atom is 0.332 e. The van der Waals surface area contributed by atoms with Crippen LogP contribution < -0.4 is 20.7 Å². The molecule has 3 rings (SSSR count). The van der Waals surface area contributed by atoms with Gasteiger partial charge in [-0.15, -0.1) is 0 Å². The number of hydrogen-bond acceptors (Lipinski definition) is 5. The number of carbonyl (C=O) groups is 1. The maximum atomic E-state index is 12.9. The number of halogens is 1. The second kappa shape index (κ2) is 7.77. The average Bonchev–Trinajstić information content (AvgIpc) is 2.68. The van der Waals surface area contributed by atoms with E-state index in [1.165, 1.54) is 32.4 Å². The molecule has 0 aliphatic carbocycles. The molecule has 0 unspecified atom stereocenters. The zero-order chi connectivity index (χ0) is 20.4. The van der Waals surface area contributed by atoms with E-state index in [0.717, 1.165) is 9.13 Å². The van der Waals surface area contributed by atoms with Gasteiger partial charge in [-0.3, -0.25) is 18.7 Å². The largest absolute Gasteiger partial charge is 0.493 e. The number of benzene rings is 2. The van der Waals surface area contributed by atoms with E-state index in [9.17, 15) is 19.5 Å². The van der Waals surface area contributed by atoms with E-state index in [4.69, 9.17) is 21.1 Å². The molecule has 8 nitrogen and oxygen atoms in total. The number of nitrogens with zero attached hydrogens (tertiary/aromatic N) is 2. The van der Waals surface area contributed by atoms with Crippen molar-refractivity contribution in [3.05, 3.63) is 67.8 Å². The van der Waals surface area contributed by atoms with Crippen LogP contribution in [0.4, 0.5) is 0 Å². The van der Waals surface area contributed by atoms with E-state index in [1.807, 2.05) is 0 Å². The first kappa shape index (κ1) is 19.5. The number of aromatic nitrogens is 2. The minimum Gasteiger partial charge on any atom is -0.493 e. The summed E-state index contributed by atoms with van der Waals surface area (Å²) < 4.78 is 12.4. The summed E-state index contributed by atoms with van der Waals surface area (Å²) in [5.41, 5.74) is -0.457. The Morgan fingerprint density at radius 2 is 1.75 bits per heavy atom. The van der Waals surface area contributed by atoms with Crippen LogP contribution in [0.15, 0.2) is 46.0 Å². The highest BCUT2D eigenvalue weighted by molar-refractivity contribution is 6.31. The van der Waals surface area contributed by atoms with Gasteiger partial charge in [-0.05, 0) is 35.9 Å². The molecule has 0 saturated carbocycles. The van der Waals surface area contributed by atoms with Crippen molar-refractivity contribution in [2.24, 2.45) is 0 Å². The van der Waals surface area contributed by atoms with Crippen molar-refractivity contribution in [1.82, 2.24) is 9.13 Å². The summed E-state index contributed by atoms with van der Waals surface area (Å²) in [5, 5.41) is 9.65. The second-order valence-corrected chi connectivity index (χ2v) is 6.44. The summed E-state index contributed by atoms with van der Waals surface area (Å²) >= 11 is 5.99. The lowest BCUT2D eigenvalue weighted by Crippen LogP contribution is -2.41. The van der Waals surface area contributed by atoms with E-state index >= 15 is 0 Å². The molecular weight excluding hydrogens is 388 g/mol. The van der Waals surface area contributed by atoms with Crippen LogP contribution in [-0.4, -0.2) is 34.4 Å². The number of carboxylic acid groups (broad SMARTS) is 1. The van der Waals surface area contributed by atoms with E-state index in [2.05, 4.69) is 0 Å². The predicted molar refractivity (Wildman–Crippen MR) is 104 cm³/mol. The fourth-order valence-electron chi connectivity index (χ4n) is 2.99. The Kier molecular flexibility index (Phi) is 5.41. The first-order valence-electron chi connectivity index (χ1n) is 8.21. The molecule has 0 saturated heterocycles. The van der Waals surface area contributed by atoms with Crippen LogP contribution in [0, 0.1) is 0 Å². The Labute approximate surface area is 164 Å². The molecule has 1 aromatic heterocycles. The molecule has 3 aromatic rings. The molecule has 0 aliphatic rings. The van der Waals surface area contributed by atoms with Crippen LogP contribution in [0.1, 0.15) is 5.56 Å². The highest BCUT2D eigenvalue weighted by atomic mass is 35.5. The number of carboxylic acids is 1. The average molecular weight is 405 g/mol. The third-order valence-corrected chi connectivity index (χ3v) is 4.50. The van der Waals surface area contributed by atoms with Gasteiger partial charge in [0.2, 0.25) is 0 Å². The Bertz CT molecular complexity index is 1180. The third-order valence-electron chi connectivity index (χ3n) is 4.27. The fraction of sp³-hybridized carbons (Fsp3) is 0.211. The van der Waals surface area contributed by atoms with Crippen LogP contribution in [-0.2, 0) is 17.9 Å². The summed E-state index contributed by atoms with van der Waals surface area (Å²) in [4.78, 5) is 37.0. The topological polar surface area (TPSA) is 99.8 Å². The van der Waals surface area contributed by atoms with Crippen LogP contribution >= 0.6 is 11.6 Å². The van der Waals surface area contributed by atoms with E-state index in [1.54, 1.807) is 18.2 Å². The quantitative estimate of drug-likeness (QED) is 0.674. The van der Waals surface area contributed by atoms with Crippen molar-refractivity contribution in [3.63, 3.8) is 0 Å². The third kappa shape index (κ3) is 3.59. The van der Waals surface area contributed by atoms with Crippen molar-refractivity contribution in [2.75, 3.05) is 14.2 Å². The first-order chi connectivity index (χ1) is 13.3. The number of ether oxygens (including phenoxy) is 2. The summed E-state index contributed by atoms with van der Waals surface area (Å²) in [7, 11) is 2.98. The van der Waals surface area contributed by atoms with Crippen LogP contribution in [0.25, 0.3) is 10.9 Å². The maximum absolute atomic E-state index is 12.9. The molecule has 0 spiro atoms. The van der Waals surface area contributed by atoms with Crippen molar-refractivity contribution >= 4 is 28.5 Å². The van der Waals surface area contributed by atoms with E-state index in [0.29, 0.717) is 22.1 Å². The Hall–Kier alpha value is -3.26. The van der Waals surface area contributed by atoms with Gasteiger partial charge in [0.05, 0.1) is 31.7 Å². The minimum absolute atomic E-state index is 0.0694. The van der Waals surface area contributed by atoms with Gasteiger partial charge in [0.1, 0.15) is 6.54 Å². The van der Waals surface area contributed by atoms with Crippen molar-refractivity contribution in [2.45, 2.75) is 13.1 Å². The summed E-state index contributed by atoms with van der Waals surface area (Å²) in [6.07, 6.45) is 0.